The van der Waals surface area contributed by atoms with Crippen LogP contribution >= 0.6 is 24.8 Å². The van der Waals surface area contributed by atoms with E-state index in [1.807, 2.05) is 48.9 Å². The molecule has 0 saturated heterocycles. The lowest BCUT2D eigenvalue weighted by molar-refractivity contribution is 0.327. The summed E-state index contributed by atoms with van der Waals surface area (Å²) in [6.07, 6.45) is 7.15. The van der Waals surface area contributed by atoms with Crippen molar-refractivity contribution in [1.29, 1.82) is 5.41 Å². The van der Waals surface area contributed by atoms with Gasteiger partial charge in [0.05, 0.1) is 31.4 Å². The number of benzene rings is 1. The van der Waals surface area contributed by atoms with E-state index in [1.54, 1.807) is 19.5 Å². The van der Waals surface area contributed by atoms with E-state index in [0.29, 0.717) is 6.61 Å². The maximum absolute atomic E-state index is 7.56. The molecule has 0 aliphatic heterocycles. The van der Waals surface area contributed by atoms with Gasteiger partial charge in [0.2, 0.25) is 5.90 Å². The van der Waals surface area contributed by atoms with Gasteiger partial charge in [-0.2, -0.15) is 0 Å². The van der Waals surface area contributed by atoms with Gasteiger partial charge in [-0.25, -0.2) is 4.98 Å². The molecule has 1 heterocycles. The SMILES string of the molecule is CCOC(=N)C=Cc1ccc(-n2cnc(C)c2)c(OC)c1.Cl.Cl. The van der Waals surface area contributed by atoms with Crippen LogP contribution in [0.1, 0.15) is 18.2 Å². The highest BCUT2D eigenvalue weighted by Gasteiger charge is 2.06. The molecule has 0 aliphatic carbocycles. The summed E-state index contributed by atoms with van der Waals surface area (Å²) in [6.45, 7) is 4.29. The summed E-state index contributed by atoms with van der Waals surface area (Å²) in [5.74, 6) is 0.892. The van der Waals surface area contributed by atoms with Crippen LogP contribution < -0.4 is 4.74 Å². The number of aryl methyl sites for hydroxylation is 1. The molecule has 0 atom stereocenters. The van der Waals surface area contributed by atoms with Gasteiger partial charge in [-0.05, 0) is 37.6 Å². The van der Waals surface area contributed by atoms with Gasteiger partial charge in [0.1, 0.15) is 5.75 Å². The summed E-state index contributed by atoms with van der Waals surface area (Å²) >= 11 is 0. The fraction of sp³-hybridized carbons (Fsp3) is 0.250. The van der Waals surface area contributed by atoms with Crippen LogP contribution in [0.4, 0.5) is 0 Å². The van der Waals surface area contributed by atoms with E-state index in [-0.39, 0.29) is 30.7 Å². The van der Waals surface area contributed by atoms with E-state index in [4.69, 9.17) is 14.9 Å². The lowest BCUT2D eigenvalue weighted by Gasteiger charge is -2.10. The molecule has 1 N–H and O–H groups in total. The highest BCUT2D eigenvalue weighted by Crippen LogP contribution is 2.25. The molecule has 126 valence electrons. The Labute approximate surface area is 148 Å². The number of hydrogen-bond acceptors (Lipinski definition) is 4. The molecule has 0 spiro atoms. The molecular formula is C16H21Cl2N3O2. The van der Waals surface area contributed by atoms with E-state index < -0.39 is 0 Å². The maximum Gasteiger partial charge on any atom is 0.205 e. The van der Waals surface area contributed by atoms with Crippen LogP contribution in [-0.2, 0) is 4.74 Å². The summed E-state index contributed by atoms with van der Waals surface area (Å²) in [6, 6.07) is 5.84. The Morgan fingerprint density at radius 3 is 2.65 bits per heavy atom. The van der Waals surface area contributed by atoms with Gasteiger partial charge >= 0.3 is 0 Å². The van der Waals surface area contributed by atoms with Gasteiger partial charge in [0.25, 0.3) is 0 Å². The second-order valence-corrected chi connectivity index (χ2v) is 4.48. The molecule has 2 rings (SSSR count). The molecule has 0 saturated carbocycles. The van der Waals surface area contributed by atoms with Crippen molar-refractivity contribution < 1.29 is 9.47 Å². The van der Waals surface area contributed by atoms with E-state index in [2.05, 4.69) is 4.98 Å². The van der Waals surface area contributed by atoms with Gasteiger partial charge in [0.15, 0.2) is 0 Å². The highest BCUT2D eigenvalue weighted by molar-refractivity contribution is 5.89. The quantitative estimate of drug-likeness (QED) is 0.648. The summed E-state index contributed by atoms with van der Waals surface area (Å²) in [7, 11) is 1.64. The monoisotopic (exact) mass is 357 g/mol. The van der Waals surface area contributed by atoms with Crippen molar-refractivity contribution in [3.05, 3.63) is 48.1 Å². The zero-order valence-electron chi connectivity index (χ0n) is 13.3. The van der Waals surface area contributed by atoms with Crippen molar-refractivity contribution in [1.82, 2.24) is 9.55 Å². The predicted molar refractivity (Wildman–Crippen MR) is 97.7 cm³/mol. The minimum absolute atomic E-state index is 0. The Kier molecular flexibility index (Phi) is 9.07. The van der Waals surface area contributed by atoms with E-state index in [1.165, 1.54) is 0 Å². The Hall–Kier alpha value is -1.98. The number of rotatable bonds is 5. The number of nitrogens with one attached hydrogen (secondary N) is 1. The predicted octanol–water partition coefficient (Wildman–Crippen LogP) is 4.06. The fourth-order valence-corrected chi connectivity index (χ4v) is 1.94. The third-order valence-corrected chi connectivity index (χ3v) is 2.92. The second-order valence-electron chi connectivity index (χ2n) is 4.48. The molecule has 0 unspecified atom stereocenters. The smallest absolute Gasteiger partial charge is 0.205 e. The van der Waals surface area contributed by atoms with Crippen LogP contribution in [0, 0.1) is 12.3 Å². The first-order chi connectivity index (χ1) is 10.1. The summed E-state index contributed by atoms with van der Waals surface area (Å²) in [5, 5.41) is 7.56. The number of aromatic nitrogens is 2. The number of imidazole rings is 1. The zero-order valence-corrected chi connectivity index (χ0v) is 14.9. The Bertz CT molecular complexity index is 669. The molecular weight excluding hydrogens is 337 g/mol. The lowest BCUT2D eigenvalue weighted by atomic mass is 10.1. The van der Waals surface area contributed by atoms with Crippen LogP contribution in [0.15, 0.2) is 36.8 Å². The van der Waals surface area contributed by atoms with Crippen molar-refractivity contribution in [2.45, 2.75) is 13.8 Å². The number of ether oxygens (including phenoxy) is 2. The molecule has 5 nitrogen and oxygen atoms in total. The number of hydrogen-bond donors (Lipinski definition) is 1. The number of methoxy groups -OCH3 is 1. The number of nitrogens with zero attached hydrogens (tertiary/aromatic N) is 2. The van der Waals surface area contributed by atoms with Crippen LogP contribution in [0.3, 0.4) is 0 Å². The Morgan fingerprint density at radius 2 is 2.09 bits per heavy atom. The second kappa shape index (κ2) is 9.92. The summed E-state index contributed by atoms with van der Waals surface area (Å²) in [5.41, 5.74) is 2.82. The van der Waals surface area contributed by atoms with Crippen LogP contribution in [-0.4, -0.2) is 29.2 Å². The molecule has 7 heteroatoms. The van der Waals surface area contributed by atoms with E-state index in [9.17, 15) is 0 Å². The van der Waals surface area contributed by atoms with E-state index in [0.717, 1.165) is 22.7 Å². The maximum atomic E-state index is 7.56. The highest BCUT2D eigenvalue weighted by atomic mass is 35.5. The van der Waals surface area contributed by atoms with Crippen molar-refractivity contribution in [2.75, 3.05) is 13.7 Å². The molecule has 0 amide bonds. The van der Waals surface area contributed by atoms with Crippen molar-refractivity contribution in [2.24, 2.45) is 0 Å². The minimum Gasteiger partial charge on any atom is -0.495 e. The van der Waals surface area contributed by atoms with E-state index >= 15 is 0 Å². The van der Waals surface area contributed by atoms with Crippen LogP contribution in [0.25, 0.3) is 11.8 Å². The molecule has 0 aliphatic rings. The molecule has 23 heavy (non-hydrogen) atoms. The standard InChI is InChI=1S/C16H19N3O2.2ClH/c1-4-21-16(17)8-6-13-5-7-14(15(9-13)20-3)19-10-12(2)18-11-19;;/h5-11,17H,4H2,1-3H3;2*1H. The number of halogens is 2. The summed E-state index contributed by atoms with van der Waals surface area (Å²) in [4.78, 5) is 4.22. The van der Waals surface area contributed by atoms with Crippen LogP contribution in [0.2, 0.25) is 0 Å². The van der Waals surface area contributed by atoms with Crippen molar-refractivity contribution >= 4 is 36.8 Å². The summed E-state index contributed by atoms with van der Waals surface area (Å²) < 4.78 is 12.4. The van der Waals surface area contributed by atoms with Gasteiger partial charge in [-0.1, -0.05) is 6.07 Å². The molecule has 2 aromatic rings. The first-order valence-electron chi connectivity index (χ1n) is 6.72. The Morgan fingerprint density at radius 1 is 1.35 bits per heavy atom. The average Bonchev–Trinajstić information content (AvgIpc) is 2.91. The molecule has 0 radical (unpaired) electrons. The van der Waals surface area contributed by atoms with Crippen LogP contribution in [0.5, 0.6) is 5.75 Å². The topological polar surface area (TPSA) is 60.1 Å². The first-order valence-corrected chi connectivity index (χ1v) is 6.72. The fourth-order valence-electron chi connectivity index (χ4n) is 1.94. The average molecular weight is 358 g/mol. The largest absolute Gasteiger partial charge is 0.495 e. The minimum atomic E-state index is 0. The van der Waals surface area contributed by atoms with Gasteiger partial charge in [0, 0.05) is 12.3 Å². The normalized spacial score (nSPS) is 9.87. The van der Waals surface area contributed by atoms with Gasteiger partial charge < -0.3 is 14.0 Å². The molecule has 0 fully saturated rings. The van der Waals surface area contributed by atoms with Crippen molar-refractivity contribution in [3.63, 3.8) is 0 Å². The van der Waals surface area contributed by atoms with Gasteiger partial charge in [-0.15, -0.1) is 24.8 Å². The molecule has 0 bridgehead atoms. The lowest BCUT2D eigenvalue weighted by Crippen LogP contribution is -1.98. The third-order valence-electron chi connectivity index (χ3n) is 2.92. The zero-order chi connectivity index (χ0) is 15.2. The third kappa shape index (κ3) is 5.62. The van der Waals surface area contributed by atoms with Crippen molar-refractivity contribution in [3.8, 4) is 11.4 Å². The Balaban J connectivity index is 0.00000242. The first kappa shape index (κ1) is 21.0. The molecule has 1 aromatic heterocycles. The van der Waals surface area contributed by atoms with Gasteiger partial charge in [-0.3, -0.25) is 5.41 Å². The molecule has 1 aromatic carbocycles.